The Bertz CT molecular complexity index is 1430. The van der Waals surface area contributed by atoms with Gasteiger partial charge in [0.2, 0.25) is 0 Å². The standard InChI is InChI=1S/C24H20ClN5O3S/c1-14-18-12-19(34-21(18)29(27-14)13-15-8-10-17(25)11-9-15)20(31)28-30-22(32)24(2,26-23(30)33)16-6-4-3-5-7-16/h3-12H,13H2,1-2H3,(H,26,33)(H,28,31). The maximum Gasteiger partial charge on any atom is 0.344 e. The van der Waals surface area contributed by atoms with Crippen LogP contribution in [0.5, 0.6) is 0 Å². The molecular weight excluding hydrogens is 474 g/mol. The number of nitrogens with one attached hydrogen (secondary N) is 2. The van der Waals surface area contributed by atoms with E-state index in [0.717, 1.165) is 26.5 Å². The number of amides is 4. The molecule has 10 heteroatoms. The highest BCUT2D eigenvalue weighted by Crippen LogP contribution is 2.31. The number of fused-ring (bicyclic) bond motifs is 1. The number of benzene rings is 2. The van der Waals surface area contributed by atoms with Crippen LogP contribution in [-0.2, 0) is 16.9 Å². The SMILES string of the molecule is Cc1nn(Cc2ccc(Cl)cc2)c2sc(C(=O)NN3C(=O)NC(C)(c4ccccc4)C3=O)cc12. The minimum atomic E-state index is -1.26. The van der Waals surface area contributed by atoms with E-state index in [4.69, 9.17) is 11.6 Å². The molecule has 0 bridgehead atoms. The lowest BCUT2D eigenvalue weighted by atomic mass is 9.92. The summed E-state index contributed by atoms with van der Waals surface area (Å²) >= 11 is 7.22. The molecule has 5 rings (SSSR count). The Kier molecular flexibility index (Phi) is 5.38. The van der Waals surface area contributed by atoms with Gasteiger partial charge in [-0.3, -0.25) is 19.7 Å². The highest BCUT2D eigenvalue weighted by atomic mass is 35.5. The largest absolute Gasteiger partial charge is 0.344 e. The Morgan fingerprint density at radius 2 is 1.85 bits per heavy atom. The van der Waals surface area contributed by atoms with Crippen LogP contribution >= 0.6 is 22.9 Å². The molecule has 1 saturated heterocycles. The molecule has 4 aromatic rings. The van der Waals surface area contributed by atoms with Crippen molar-refractivity contribution in [2.24, 2.45) is 0 Å². The van der Waals surface area contributed by atoms with E-state index < -0.39 is 23.4 Å². The molecule has 8 nitrogen and oxygen atoms in total. The van der Waals surface area contributed by atoms with Gasteiger partial charge in [-0.2, -0.15) is 10.1 Å². The first-order valence-corrected chi connectivity index (χ1v) is 11.7. The number of aromatic nitrogens is 2. The van der Waals surface area contributed by atoms with E-state index in [1.54, 1.807) is 37.3 Å². The van der Waals surface area contributed by atoms with Crippen molar-refractivity contribution >= 4 is 51.0 Å². The van der Waals surface area contributed by atoms with Crippen molar-refractivity contribution in [2.75, 3.05) is 0 Å². The lowest BCUT2D eigenvalue weighted by Crippen LogP contribution is -2.47. The zero-order valence-electron chi connectivity index (χ0n) is 18.3. The zero-order valence-corrected chi connectivity index (χ0v) is 19.9. The molecule has 172 valence electrons. The molecule has 2 N–H and O–H groups in total. The Balaban J connectivity index is 1.38. The van der Waals surface area contributed by atoms with Gasteiger partial charge in [0.05, 0.1) is 17.1 Å². The van der Waals surface area contributed by atoms with Gasteiger partial charge in [0.1, 0.15) is 10.4 Å². The number of rotatable bonds is 5. The number of nitrogens with zero attached hydrogens (tertiary/aromatic N) is 3. The fourth-order valence-electron chi connectivity index (χ4n) is 3.96. The maximum atomic E-state index is 13.1. The Hall–Kier alpha value is -3.69. The van der Waals surface area contributed by atoms with Gasteiger partial charge in [-0.1, -0.05) is 54.1 Å². The van der Waals surface area contributed by atoms with Crippen molar-refractivity contribution in [1.82, 2.24) is 25.5 Å². The lowest BCUT2D eigenvalue weighted by molar-refractivity contribution is -0.132. The van der Waals surface area contributed by atoms with Crippen molar-refractivity contribution in [3.05, 3.63) is 87.4 Å². The molecule has 1 aliphatic rings. The molecule has 4 amide bonds. The van der Waals surface area contributed by atoms with Gasteiger partial charge in [-0.05, 0) is 43.2 Å². The third-order valence-corrected chi connectivity index (χ3v) is 7.23. The van der Waals surface area contributed by atoms with Gasteiger partial charge in [0.25, 0.3) is 11.8 Å². The number of carbonyl (C=O) groups is 3. The summed E-state index contributed by atoms with van der Waals surface area (Å²) in [5.41, 5.74) is 3.64. The average molecular weight is 494 g/mol. The average Bonchev–Trinajstić information content (AvgIpc) is 3.45. The van der Waals surface area contributed by atoms with Crippen molar-refractivity contribution < 1.29 is 14.4 Å². The first-order chi connectivity index (χ1) is 16.3. The summed E-state index contributed by atoms with van der Waals surface area (Å²) in [6.45, 7) is 4.01. The number of hydrazine groups is 1. The van der Waals surface area contributed by atoms with Crippen LogP contribution < -0.4 is 10.7 Å². The minimum Gasteiger partial charge on any atom is -0.318 e. The molecule has 1 atom stereocenters. The van der Waals surface area contributed by atoms with Crippen LogP contribution in [0.15, 0.2) is 60.7 Å². The minimum absolute atomic E-state index is 0.370. The summed E-state index contributed by atoms with van der Waals surface area (Å²) in [7, 11) is 0. The van der Waals surface area contributed by atoms with Crippen LogP contribution in [-0.4, -0.2) is 32.6 Å². The van der Waals surface area contributed by atoms with Crippen LogP contribution in [0.4, 0.5) is 4.79 Å². The molecule has 2 aromatic carbocycles. The van der Waals surface area contributed by atoms with Crippen LogP contribution in [0.1, 0.15) is 33.4 Å². The molecule has 34 heavy (non-hydrogen) atoms. The molecule has 0 radical (unpaired) electrons. The first-order valence-electron chi connectivity index (χ1n) is 10.5. The van der Waals surface area contributed by atoms with Gasteiger partial charge in [-0.15, -0.1) is 11.3 Å². The number of thiophene rings is 1. The van der Waals surface area contributed by atoms with E-state index >= 15 is 0 Å². The molecule has 0 aliphatic carbocycles. The predicted octanol–water partition coefficient (Wildman–Crippen LogP) is 4.22. The van der Waals surface area contributed by atoms with Gasteiger partial charge < -0.3 is 5.32 Å². The smallest absolute Gasteiger partial charge is 0.318 e. The maximum absolute atomic E-state index is 13.1. The van der Waals surface area contributed by atoms with Crippen molar-refractivity contribution in [3.63, 3.8) is 0 Å². The second-order valence-electron chi connectivity index (χ2n) is 8.20. The van der Waals surface area contributed by atoms with Crippen LogP contribution in [0.25, 0.3) is 10.2 Å². The van der Waals surface area contributed by atoms with E-state index in [1.165, 1.54) is 11.3 Å². The molecular formula is C24H20ClN5O3S. The van der Waals surface area contributed by atoms with Crippen LogP contribution in [0.2, 0.25) is 5.02 Å². The second kappa shape index (κ2) is 8.27. The number of hydrogen-bond acceptors (Lipinski definition) is 5. The fourth-order valence-corrected chi connectivity index (χ4v) is 5.14. The topological polar surface area (TPSA) is 96.3 Å². The molecule has 2 aromatic heterocycles. The van der Waals surface area contributed by atoms with E-state index in [1.807, 2.05) is 41.9 Å². The van der Waals surface area contributed by atoms with Crippen LogP contribution in [0.3, 0.4) is 0 Å². The molecule has 0 spiro atoms. The number of carbonyl (C=O) groups excluding carboxylic acids is 3. The second-order valence-corrected chi connectivity index (χ2v) is 9.67. The predicted molar refractivity (Wildman–Crippen MR) is 130 cm³/mol. The third-order valence-electron chi connectivity index (χ3n) is 5.83. The third kappa shape index (κ3) is 3.72. The number of hydrogen-bond donors (Lipinski definition) is 2. The van der Waals surface area contributed by atoms with Crippen LogP contribution in [0, 0.1) is 6.92 Å². The Morgan fingerprint density at radius 3 is 2.56 bits per heavy atom. The molecule has 1 aliphatic heterocycles. The normalized spacial score (nSPS) is 17.9. The van der Waals surface area contributed by atoms with Crippen molar-refractivity contribution in [1.29, 1.82) is 0 Å². The van der Waals surface area contributed by atoms with Crippen molar-refractivity contribution in [2.45, 2.75) is 25.9 Å². The summed E-state index contributed by atoms with van der Waals surface area (Å²) in [4.78, 5) is 39.8. The number of halogens is 1. The monoisotopic (exact) mass is 493 g/mol. The summed E-state index contributed by atoms with van der Waals surface area (Å²) in [5.74, 6) is -1.09. The molecule has 3 heterocycles. The number of imide groups is 1. The Morgan fingerprint density at radius 1 is 1.15 bits per heavy atom. The number of aryl methyl sites for hydroxylation is 1. The molecule has 0 saturated carbocycles. The highest BCUT2D eigenvalue weighted by Gasteiger charge is 2.50. The first kappa shape index (κ1) is 22.1. The van der Waals surface area contributed by atoms with Gasteiger partial charge in [-0.25, -0.2) is 4.79 Å². The quantitative estimate of drug-likeness (QED) is 0.407. The van der Waals surface area contributed by atoms with E-state index in [-0.39, 0.29) is 0 Å². The summed E-state index contributed by atoms with van der Waals surface area (Å²) in [5, 5.41) is 9.50. The lowest BCUT2D eigenvalue weighted by Gasteiger charge is -2.21. The highest BCUT2D eigenvalue weighted by molar-refractivity contribution is 7.20. The zero-order chi connectivity index (χ0) is 24.0. The number of urea groups is 1. The molecule has 1 unspecified atom stereocenters. The van der Waals surface area contributed by atoms with E-state index in [9.17, 15) is 14.4 Å². The van der Waals surface area contributed by atoms with Crippen molar-refractivity contribution in [3.8, 4) is 0 Å². The van der Waals surface area contributed by atoms with Gasteiger partial charge >= 0.3 is 6.03 Å². The summed E-state index contributed by atoms with van der Waals surface area (Å²) < 4.78 is 1.83. The van der Waals surface area contributed by atoms with E-state index in [2.05, 4.69) is 15.8 Å². The summed E-state index contributed by atoms with van der Waals surface area (Å²) in [6, 6.07) is 17.4. The summed E-state index contributed by atoms with van der Waals surface area (Å²) in [6.07, 6.45) is 0. The van der Waals surface area contributed by atoms with Gasteiger partial charge in [0, 0.05) is 10.4 Å². The van der Waals surface area contributed by atoms with Gasteiger partial charge in [0.15, 0.2) is 0 Å². The Labute approximate surface area is 204 Å². The van der Waals surface area contributed by atoms with E-state index in [0.29, 0.717) is 22.0 Å². The molecule has 1 fully saturated rings. The fraction of sp³-hybridized carbons (Fsp3) is 0.167.